The molecule has 2 N–H and O–H groups in total. The molecule has 0 aliphatic heterocycles. The summed E-state index contributed by atoms with van der Waals surface area (Å²) in [6.07, 6.45) is -0.216. The minimum Gasteiger partial charge on any atom is -0.502 e. The van der Waals surface area contributed by atoms with Crippen molar-refractivity contribution in [3.63, 3.8) is 0 Å². The van der Waals surface area contributed by atoms with Crippen molar-refractivity contribution in [1.82, 2.24) is 0 Å². The molecule has 0 atom stereocenters. The first-order valence-electron chi connectivity index (χ1n) is 5.04. The number of rotatable bonds is 4. The van der Waals surface area contributed by atoms with Gasteiger partial charge in [0.2, 0.25) is 0 Å². The predicted octanol–water partition coefficient (Wildman–Crippen LogP) is 2.09. The monoisotopic (exact) mass is 257 g/mol. The Morgan fingerprint density at radius 3 is 2.50 bits per heavy atom. The topological polar surface area (TPSA) is 101 Å². The zero-order valence-corrected chi connectivity index (χ0v) is 9.81. The van der Waals surface area contributed by atoms with Gasteiger partial charge in [0.25, 0.3) is 0 Å². The maximum Gasteiger partial charge on any atom is 0.313 e. The van der Waals surface area contributed by atoms with E-state index < -0.39 is 33.6 Å². The number of halogens is 1. The number of benzene rings is 1. The first kappa shape index (κ1) is 13.9. The zero-order valence-electron chi connectivity index (χ0n) is 9.81. The van der Waals surface area contributed by atoms with Crippen LogP contribution < -0.4 is 0 Å². The van der Waals surface area contributed by atoms with E-state index in [1.54, 1.807) is 0 Å². The summed E-state index contributed by atoms with van der Waals surface area (Å²) in [6.45, 7) is 2.76. The molecule has 0 unspecified atom stereocenters. The molecule has 0 saturated heterocycles. The van der Waals surface area contributed by atoms with E-state index in [0.717, 1.165) is 6.07 Å². The summed E-state index contributed by atoms with van der Waals surface area (Å²) >= 11 is 0. The second-order valence-corrected chi connectivity index (χ2v) is 4.56. The average Bonchev–Trinajstić information content (AvgIpc) is 2.21. The lowest BCUT2D eigenvalue weighted by atomic mass is 9.85. The van der Waals surface area contributed by atoms with Gasteiger partial charge >= 0.3 is 11.7 Å². The van der Waals surface area contributed by atoms with Crippen molar-refractivity contribution in [2.75, 3.05) is 0 Å². The third-order valence-corrected chi connectivity index (χ3v) is 2.54. The highest BCUT2D eigenvalue weighted by Gasteiger charge is 2.30. The Kier molecular flexibility index (Phi) is 3.54. The van der Waals surface area contributed by atoms with Gasteiger partial charge in [-0.3, -0.25) is 14.9 Å². The van der Waals surface area contributed by atoms with Gasteiger partial charge in [-0.1, -0.05) is 0 Å². The summed E-state index contributed by atoms with van der Waals surface area (Å²) in [7, 11) is 0. The molecule has 0 spiro atoms. The number of nitrogens with zero attached hydrogens (tertiary/aromatic N) is 1. The van der Waals surface area contributed by atoms with Crippen LogP contribution in [0.5, 0.6) is 5.75 Å². The number of hydrogen-bond acceptors (Lipinski definition) is 4. The third-order valence-electron chi connectivity index (χ3n) is 2.54. The van der Waals surface area contributed by atoms with Crippen molar-refractivity contribution in [3.8, 4) is 5.75 Å². The zero-order chi connectivity index (χ0) is 14.1. The van der Waals surface area contributed by atoms with Crippen LogP contribution >= 0.6 is 0 Å². The highest BCUT2D eigenvalue weighted by molar-refractivity contribution is 5.74. The largest absolute Gasteiger partial charge is 0.502 e. The molecule has 0 amide bonds. The highest BCUT2D eigenvalue weighted by Crippen LogP contribution is 2.35. The fourth-order valence-corrected chi connectivity index (χ4v) is 1.47. The van der Waals surface area contributed by atoms with Crippen molar-refractivity contribution in [2.45, 2.75) is 20.3 Å². The van der Waals surface area contributed by atoms with Crippen LogP contribution in [-0.4, -0.2) is 21.1 Å². The molecule has 1 aromatic carbocycles. The Hall–Kier alpha value is -2.18. The number of nitro groups is 1. The van der Waals surface area contributed by atoms with Gasteiger partial charge in [0, 0.05) is 5.56 Å². The fourth-order valence-electron chi connectivity index (χ4n) is 1.47. The van der Waals surface area contributed by atoms with Gasteiger partial charge < -0.3 is 10.2 Å². The molecule has 7 heteroatoms. The van der Waals surface area contributed by atoms with Crippen molar-refractivity contribution in [2.24, 2.45) is 5.41 Å². The Labute approximate surface area is 102 Å². The Morgan fingerprint density at radius 2 is 2.06 bits per heavy atom. The molecule has 0 radical (unpaired) electrons. The first-order valence-corrected chi connectivity index (χ1v) is 5.04. The number of phenolic OH excluding ortho intramolecular Hbond substituents is 1. The van der Waals surface area contributed by atoms with Gasteiger partial charge in [-0.2, -0.15) is 0 Å². The van der Waals surface area contributed by atoms with E-state index in [1.807, 2.05) is 0 Å². The van der Waals surface area contributed by atoms with Gasteiger partial charge in [-0.05, 0) is 26.3 Å². The van der Waals surface area contributed by atoms with Crippen molar-refractivity contribution < 1.29 is 24.3 Å². The van der Waals surface area contributed by atoms with E-state index >= 15 is 0 Å². The minimum atomic E-state index is -1.26. The molecule has 0 bridgehead atoms. The quantitative estimate of drug-likeness (QED) is 0.635. The molecule has 0 aliphatic rings. The van der Waals surface area contributed by atoms with Gasteiger partial charge in [0.1, 0.15) is 5.82 Å². The number of carbonyl (C=O) groups is 1. The summed E-state index contributed by atoms with van der Waals surface area (Å²) in [4.78, 5) is 20.6. The van der Waals surface area contributed by atoms with E-state index in [0.29, 0.717) is 6.07 Å². The average molecular weight is 257 g/mol. The normalized spacial score (nSPS) is 11.3. The SMILES string of the molecule is CC(C)(Cc1cc(F)cc([N+](=O)[O-])c1O)C(=O)O. The second-order valence-electron chi connectivity index (χ2n) is 4.56. The van der Waals surface area contributed by atoms with E-state index in [9.17, 15) is 24.4 Å². The van der Waals surface area contributed by atoms with Gasteiger partial charge in [0.15, 0.2) is 5.75 Å². The van der Waals surface area contributed by atoms with Crippen LogP contribution in [0.15, 0.2) is 12.1 Å². The number of aliphatic carboxylic acids is 1. The van der Waals surface area contributed by atoms with Crippen LogP contribution in [0.2, 0.25) is 0 Å². The minimum absolute atomic E-state index is 0.103. The summed E-state index contributed by atoms with van der Waals surface area (Å²) in [5.74, 6) is -2.74. The first-order chi connectivity index (χ1) is 8.15. The molecule has 0 aliphatic carbocycles. The summed E-state index contributed by atoms with van der Waals surface area (Å²) in [5, 5.41) is 29.1. The van der Waals surface area contributed by atoms with Crippen LogP contribution in [0.1, 0.15) is 19.4 Å². The number of nitro benzene ring substituents is 1. The van der Waals surface area contributed by atoms with Crippen LogP contribution in [-0.2, 0) is 11.2 Å². The van der Waals surface area contributed by atoms with Gasteiger partial charge in [0.05, 0.1) is 16.4 Å². The number of phenols is 1. The van der Waals surface area contributed by atoms with E-state index in [1.165, 1.54) is 13.8 Å². The molecule has 1 rings (SSSR count). The molecule has 1 aromatic rings. The third kappa shape index (κ3) is 2.73. The maximum absolute atomic E-state index is 13.2. The lowest BCUT2D eigenvalue weighted by Gasteiger charge is -2.19. The number of carboxylic acids is 1. The van der Waals surface area contributed by atoms with Gasteiger partial charge in [-0.25, -0.2) is 4.39 Å². The van der Waals surface area contributed by atoms with Crippen LogP contribution in [0.4, 0.5) is 10.1 Å². The highest BCUT2D eigenvalue weighted by atomic mass is 19.1. The summed E-state index contributed by atoms with van der Waals surface area (Å²) < 4.78 is 13.2. The molecule has 6 nitrogen and oxygen atoms in total. The van der Waals surface area contributed by atoms with E-state index in [-0.39, 0.29) is 12.0 Å². The number of hydrogen-bond donors (Lipinski definition) is 2. The molecule has 0 aromatic heterocycles. The Bertz CT molecular complexity index is 512. The smallest absolute Gasteiger partial charge is 0.313 e. The number of carboxylic acid groups (broad SMARTS) is 1. The lowest BCUT2D eigenvalue weighted by molar-refractivity contribution is -0.386. The van der Waals surface area contributed by atoms with Crippen LogP contribution in [0, 0.1) is 21.3 Å². The molecule has 18 heavy (non-hydrogen) atoms. The van der Waals surface area contributed by atoms with Crippen molar-refractivity contribution in [3.05, 3.63) is 33.6 Å². The van der Waals surface area contributed by atoms with Crippen molar-refractivity contribution >= 4 is 11.7 Å². The van der Waals surface area contributed by atoms with E-state index in [4.69, 9.17) is 5.11 Å². The molecule has 0 heterocycles. The maximum atomic E-state index is 13.2. The molecular weight excluding hydrogens is 245 g/mol. The van der Waals surface area contributed by atoms with Gasteiger partial charge in [-0.15, -0.1) is 0 Å². The molecule has 0 fully saturated rings. The molecular formula is C11H12FNO5. The standard InChI is InChI=1S/C11H12FNO5/c1-11(2,10(15)16)5-6-3-7(12)4-8(9(6)14)13(17)18/h3-4,14H,5H2,1-2H3,(H,15,16). The summed E-state index contributed by atoms with van der Waals surface area (Å²) in [5.41, 5.74) is -2.14. The summed E-state index contributed by atoms with van der Waals surface area (Å²) in [6, 6.07) is 1.49. The van der Waals surface area contributed by atoms with Crippen LogP contribution in [0.3, 0.4) is 0 Å². The van der Waals surface area contributed by atoms with Crippen LogP contribution in [0.25, 0.3) is 0 Å². The second kappa shape index (κ2) is 4.59. The predicted molar refractivity (Wildman–Crippen MR) is 59.8 cm³/mol. The lowest BCUT2D eigenvalue weighted by Crippen LogP contribution is -2.26. The Balaban J connectivity index is 3.26. The molecule has 98 valence electrons. The molecule has 0 saturated carbocycles. The van der Waals surface area contributed by atoms with E-state index in [2.05, 4.69) is 0 Å². The Morgan fingerprint density at radius 1 is 1.50 bits per heavy atom. The fraction of sp³-hybridized carbons (Fsp3) is 0.364. The number of aromatic hydroxyl groups is 1. The van der Waals surface area contributed by atoms with Crippen molar-refractivity contribution in [1.29, 1.82) is 0 Å².